The topological polar surface area (TPSA) is 70.4 Å². The van der Waals surface area contributed by atoms with Gasteiger partial charge in [-0.05, 0) is 19.3 Å². The van der Waals surface area contributed by atoms with Crippen LogP contribution in [-0.4, -0.2) is 45.5 Å². The standard InChI is InChI=1S/C14H22N4O2/c1-17-13(7-12(16-17)11-3-2-4-11)15-14(20)18-6-5-10(8-18)9-19/h7,10-11,19H,2-6,8-9H2,1H3,(H,15,20). The second kappa shape index (κ2) is 5.44. The van der Waals surface area contributed by atoms with Crippen LogP contribution in [0.5, 0.6) is 0 Å². The molecule has 2 amide bonds. The molecule has 1 aliphatic carbocycles. The highest BCUT2D eigenvalue weighted by atomic mass is 16.3. The van der Waals surface area contributed by atoms with Crippen molar-refractivity contribution in [1.82, 2.24) is 14.7 Å². The lowest BCUT2D eigenvalue weighted by molar-refractivity contribution is 0.208. The summed E-state index contributed by atoms with van der Waals surface area (Å²) in [5, 5.41) is 16.5. The van der Waals surface area contributed by atoms with E-state index >= 15 is 0 Å². The first kappa shape index (κ1) is 13.4. The third kappa shape index (κ3) is 2.52. The zero-order chi connectivity index (χ0) is 14.1. The minimum absolute atomic E-state index is 0.0934. The van der Waals surface area contributed by atoms with E-state index in [-0.39, 0.29) is 18.6 Å². The van der Waals surface area contributed by atoms with Crippen molar-refractivity contribution in [2.45, 2.75) is 31.6 Å². The summed E-state index contributed by atoms with van der Waals surface area (Å²) in [6.07, 6.45) is 4.56. The van der Waals surface area contributed by atoms with E-state index in [9.17, 15) is 4.79 Å². The van der Waals surface area contributed by atoms with E-state index in [1.165, 1.54) is 19.3 Å². The van der Waals surface area contributed by atoms with E-state index < -0.39 is 0 Å². The van der Waals surface area contributed by atoms with Crippen molar-refractivity contribution in [1.29, 1.82) is 0 Å². The van der Waals surface area contributed by atoms with Crippen LogP contribution >= 0.6 is 0 Å². The second-order valence-corrected chi connectivity index (χ2v) is 5.92. The number of likely N-dealkylation sites (tertiary alicyclic amines) is 1. The van der Waals surface area contributed by atoms with E-state index in [0.29, 0.717) is 19.0 Å². The van der Waals surface area contributed by atoms with Crippen LogP contribution < -0.4 is 5.32 Å². The molecule has 1 aliphatic heterocycles. The van der Waals surface area contributed by atoms with Crippen molar-refractivity contribution in [3.05, 3.63) is 11.8 Å². The van der Waals surface area contributed by atoms with Crippen LogP contribution in [0.4, 0.5) is 10.6 Å². The predicted molar refractivity (Wildman–Crippen MR) is 75.6 cm³/mol. The fraction of sp³-hybridized carbons (Fsp3) is 0.714. The summed E-state index contributed by atoms with van der Waals surface area (Å²) in [5.74, 6) is 1.54. The molecule has 6 heteroatoms. The number of rotatable bonds is 3. The summed E-state index contributed by atoms with van der Waals surface area (Å²) in [4.78, 5) is 13.9. The maximum Gasteiger partial charge on any atom is 0.323 e. The van der Waals surface area contributed by atoms with Crippen LogP contribution in [0, 0.1) is 5.92 Å². The van der Waals surface area contributed by atoms with E-state index in [1.807, 2.05) is 13.1 Å². The predicted octanol–water partition coefficient (Wildman–Crippen LogP) is 1.53. The van der Waals surface area contributed by atoms with Gasteiger partial charge in [-0.15, -0.1) is 0 Å². The number of anilines is 1. The number of amides is 2. The Morgan fingerprint density at radius 2 is 2.30 bits per heavy atom. The van der Waals surface area contributed by atoms with Gasteiger partial charge in [-0.25, -0.2) is 4.79 Å². The van der Waals surface area contributed by atoms with Crippen LogP contribution in [0.25, 0.3) is 0 Å². The van der Waals surface area contributed by atoms with Crippen molar-refractivity contribution in [3.8, 4) is 0 Å². The molecule has 0 bridgehead atoms. The smallest absolute Gasteiger partial charge is 0.323 e. The van der Waals surface area contributed by atoms with Gasteiger partial charge in [-0.3, -0.25) is 10.00 Å². The number of aryl methyl sites for hydroxylation is 1. The Labute approximate surface area is 118 Å². The van der Waals surface area contributed by atoms with Crippen molar-refractivity contribution in [3.63, 3.8) is 0 Å². The molecule has 1 aromatic rings. The Morgan fingerprint density at radius 1 is 1.50 bits per heavy atom. The Balaban J connectivity index is 1.62. The molecule has 2 fully saturated rings. The first-order valence-electron chi connectivity index (χ1n) is 7.38. The number of nitrogens with zero attached hydrogens (tertiary/aromatic N) is 3. The van der Waals surface area contributed by atoms with Gasteiger partial charge in [-0.2, -0.15) is 5.10 Å². The van der Waals surface area contributed by atoms with Crippen molar-refractivity contribution in [2.24, 2.45) is 13.0 Å². The molecule has 1 aromatic heterocycles. The fourth-order valence-corrected chi connectivity index (χ4v) is 2.86. The molecule has 2 aliphatic rings. The second-order valence-electron chi connectivity index (χ2n) is 5.92. The molecule has 6 nitrogen and oxygen atoms in total. The normalized spacial score (nSPS) is 22.9. The Kier molecular flexibility index (Phi) is 3.65. The molecule has 0 radical (unpaired) electrons. The number of hydrogen-bond acceptors (Lipinski definition) is 3. The van der Waals surface area contributed by atoms with E-state index in [0.717, 1.165) is 17.9 Å². The molecule has 2 N–H and O–H groups in total. The third-order valence-electron chi connectivity index (χ3n) is 4.49. The van der Waals surface area contributed by atoms with Gasteiger partial charge in [0.2, 0.25) is 0 Å². The maximum atomic E-state index is 12.2. The molecule has 1 unspecified atom stereocenters. The molecule has 1 atom stereocenters. The highest BCUT2D eigenvalue weighted by Gasteiger charge is 2.27. The van der Waals surface area contributed by atoms with Gasteiger partial charge in [0.05, 0.1) is 5.69 Å². The first-order chi connectivity index (χ1) is 9.67. The highest BCUT2D eigenvalue weighted by Crippen LogP contribution is 2.36. The number of aliphatic hydroxyl groups excluding tert-OH is 1. The maximum absolute atomic E-state index is 12.2. The average Bonchev–Trinajstić information content (AvgIpc) is 2.95. The van der Waals surface area contributed by atoms with Crippen LogP contribution in [0.2, 0.25) is 0 Å². The summed E-state index contributed by atoms with van der Waals surface area (Å²) in [6.45, 7) is 1.50. The molecule has 1 saturated heterocycles. The third-order valence-corrected chi connectivity index (χ3v) is 4.49. The monoisotopic (exact) mass is 278 g/mol. The Bertz CT molecular complexity index is 495. The Hall–Kier alpha value is -1.56. The molecular formula is C14H22N4O2. The average molecular weight is 278 g/mol. The number of carbonyl (C=O) groups excluding carboxylic acids is 1. The van der Waals surface area contributed by atoms with Crippen LogP contribution in [0.15, 0.2) is 6.07 Å². The van der Waals surface area contributed by atoms with Gasteiger partial charge in [-0.1, -0.05) is 6.42 Å². The molecule has 0 aromatic carbocycles. The van der Waals surface area contributed by atoms with Crippen LogP contribution in [-0.2, 0) is 7.05 Å². The van der Waals surface area contributed by atoms with E-state index in [2.05, 4.69) is 10.4 Å². The summed E-state index contributed by atoms with van der Waals surface area (Å²) in [7, 11) is 1.86. The molecule has 2 heterocycles. The fourth-order valence-electron chi connectivity index (χ4n) is 2.86. The van der Waals surface area contributed by atoms with Gasteiger partial charge in [0.25, 0.3) is 0 Å². The van der Waals surface area contributed by atoms with Crippen molar-refractivity contribution >= 4 is 11.8 Å². The van der Waals surface area contributed by atoms with Gasteiger partial charge in [0.15, 0.2) is 0 Å². The quantitative estimate of drug-likeness (QED) is 0.881. The number of aliphatic hydroxyl groups is 1. The number of nitrogens with one attached hydrogen (secondary N) is 1. The Morgan fingerprint density at radius 3 is 2.90 bits per heavy atom. The number of carbonyl (C=O) groups is 1. The molecule has 20 heavy (non-hydrogen) atoms. The molecule has 3 rings (SSSR count). The minimum Gasteiger partial charge on any atom is -0.396 e. The van der Waals surface area contributed by atoms with Crippen LogP contribution in [0.3, 0.4) is 0 Å². The first-order valence-corrected chi connectivity index (χ1v) is 7.38. The highest BCUT2D eigenvalue weighted by molar-refractivity contribution is 5.88. The van der Waals surface area contributed by atoms with Crippen LogP contribution in [0.1, 0.15) is 37.3 Å². The zero-order valence-electron chi connectivity index (χ0n) is 11.9. The van der Waals surface area contributed by atoms with Gasteiger partial charge in [0, 0.05) is 44.6 Å². The lowest BCUT2D eigenvalue weighted by Gasteiger charge is -2.22. The van der Waals surface area contributed by atoms with E-state index in [4.69, 9.17) is 5.11 Å². The minimum atomic E-state index is -0.0934. The lowest BCUT2D eigenvalue weighted by Crippen LogP contribution is -2.33. The SMILES string of the molecule is Cn1nc(C2CCC2)cc1NC(=O)N1CCC(CO)C1. The van der Waals surface area contributed by atoms with Crippen molar-refractivity contribution in [2.75, 3.05) is 25.0 Å². The molecule has 1 saturated carbocycles. The van der Waals surface area contributed by atoms with Gasteiger partial charge < -0.3 is 10.0 Å². The molecule has 0 spiro atoms. The largest absolute Gasteiger partial charge is 0.396 e. The summed E-state index contributed by atoms with van der Waals surface area (Å²) in [5.41, 5.74) is 1.09. The van der Waals surface area contributed by atoms with E-state index in [1.54, 1.807) is 9.58 Å². The molecule has 110 valence electrons. The number of aromatic nitrogens is 2. The van der Waals surface area contributed by atoms with Crippen molar-refractivity contribution < 1.29 is 9.90 Å². The zero-order valence-corrected chi connectivity index (χ0v) is 11.9. The van der Waals surface area contributed by atoms with Gasteiger partial charge in [0.1, 0.15) is 5.82 Å². The summed E-state index contributed by atoms with van der Waals surface area (Å²) >= 11 is 0. The molecular weight excluding hydrogens is 256 g/mol. The number of urea groups is 1. The summed E-state index contributed by atoms with van der Waals surface area (Å²) < 4.78 is 1.74. The summed E-state index contributed by atoms with van der Waals surface area (Å²) in [6, 6.07) is 1.89. The number of hydrogen-bond donors (Lipinski definition) is 2. The lowest BCUT2D eigenvalue weighted by atomic mass is 9.83. The van der Waals surface area contributed by atoms with Gasteiger partial charge >= 0.3 is 6.03 Å².